The summed E-state index contributed by atoms with van der Waals surface area (Å²) < 4.78 is 11.0. The fourth-order valence-corrected chi connectivity index (χ4v) is 1.83. The fourth-order valence-electron chi connectivity index (χ4n) is 1.54. The average molecular weight is 308 g/mol. The zero-order valence-corrected chi connectivity index (χ0v) is 12.0. The maximum Gasteiger partial charge on any atom is 0.122 e. The highest BCUT2D eigenvalue weighted by Gasteiger charge is 2.01. The fraction of sp³-hybridized carbons (Fsp3) is 0.133. The van der Waals surface area contributed by atoms with Gasteiger partial charge in [0.25, 0.3) is 0 Å². The maximum atomic E-state index is 8.78. The van der Waals surface area contributed by atoms with Crippen LogP contribution in [0, 0.1) is 11.3 Å². The van der Waals surface area contributed by atoms with Gasteiger partial charge in [-0.3, -0.25) is 0 Å². The van der Waals surface area contributed by atoms with Crippen molar-refractivity contribution in [1.29, 1.82) is 5.26 Å². The van der Waals surface area contributed by atoms with Gasteiger partial charge in [-0.1, -0.05) is 29.3 Å². The van der Waals surface area contributed by atoms with Crippen LogP contribution in [0.4, 0.5) is 0 Å². The molecule has 3 nitrogen and oxygen atoms in total. The quantitative estimate of drug-likeness (QED) is 0.772. The standard InChI is InChI=1S/C15H11Cl2NO2/c16-14-5-4-13(9-15(14)17)20-7-6-19-12-3-1-2-11(8-12)10-18/h1-5,8-9H,6-7H2. The maximum absolute atomic E-state index is 8.78. The summed E-state index contributed by atoms with van der Waals surface area (Å²) >= 11 is 11.7. The number of ether oxygens (including phenoxy) is 2. The number of hydrogen-bond donors (Lipinski definition) is 0. The topological polar surface area (TPSA) is 42.2 Å². The highest BCUT2D eigenvalue weighted by atomic mass is 35.5. The summed E-state index contributed by atoms with van der Waals surface area (Å²) in [6.45, 7) is 0.740. The predicted octanol–water partition coefficient (Wildman–Crippen LogP) is 4.32. The summed E-state index contributed by atoms with van der Waals surface area (Å²) in [5, 5.41) is 9.72. The van der Waals surface area contributed by atoms with E-state index in [0.717, 1.165) is 0 Å². The summed E-state index contributed by atoms with van der Waals surface area (Å²) in [7, 11) is 0. The van der Waals surface area contributed by atoms with Gasteiger partial charge in [-0.25, -0.2) is 0 Å². The van der Waals surface area contributed by atoms with Crippen LogP contribution in [0.1, 0.15) is 5.56 Å². The zero-order valence-electron chi connectivity index (χ0n) is 10.5. The van der Waals surface area contributed by atoms with Crippen LogP contribution < -0.4 is 9.47 Å². The van der Waals surface area contributed by atoms with E-state index in [1.54, 1.807) is 42.5 Å². The number of nitriles is 1. The van der Waals surface area contributed by atoms with Crippen LogP contribution >= 0.6 is 23.2 Å². The van der Waals surface area contributed by atoms with Crippen molar-refractivity contribution in [2.24, 2.45) is 0 Å². The molecule has 0 fully saturated rings. The molecule has 20 heavy (non-hydrogen) atoms. The Kier molecular flexibility index (Phi) is 5.11. The molecule has 0 atom stereocenters. The SMILES string of the molecule is N#Cc1cccc(OCCOc2ccc(Cl)c(Cl)c2)c1. The van der Waals surface area contributed by atoms with Gasteiger partial charge in [0, 0.05) is 6.07 Å². The Labute approximate surface area is 127 Å². The molecule has 0 aliphatic heterocycles. The van der Waals surface area contributed by atoms with Crippen molar-refractivity contribution in [3.05, 3.63) is 58.1 Å². The van der Waals surface area contributed by atoms with Gasteiger partial charge in [0.15, 0.2) is 0 Å². The van der Waals surface area contributed by atoms with Crippen LogP contribution in [0.2, 0.25) is 10.0 Å². The zero-order chi connectivity index (χ0) is 14.4. The van der Waals surface area contributed by atoms with Crippen molar-refractivity contribution >= 4 is 23.2 Å². The molecule has 0 radical (unpaired) electrons. The van der Waals surface area contributed by atoms with Gasteiger partial charge < -0.3 is 9.47 Å². The Morgan fingerprint density at radius 2 is 1.60 bits per heavy atom. The Hall–Kier alpha value is -1.89. The van der Waals surface area contributed by atoms with Crippen LogP contribution in [0.5, 0.6) is 11.5 Å². The first-order chi connectivity index (χ1) is 9.69. The van der Waals surface area contributed by atoms with Gasteiger partial charge in [0.1, 0.15) is 24.7 Å². The van der Waals surface area contributed by atoms with Crippen molar-refractivity contribution in [3.8, 4) is 17.6 Å². The molecule has 0 aliphatic rings. The van der Waals surface area contributed by atoms with E-state index in [1.807, 2.05) is 0 Å². The molecular formula is C15H11Cl2NO2. The molecule has 2 aromatic rings. The van der Waals surface area contributed by atoms with Crippen LogP contribution in [-0.2, 0) is 0 Å². The van der Waals surface area contributed by atoms with E-state index in [1.165, 1.54) is 0 Å². The van der Waals surface area contributed by atoms with Crippen LogP contribution in [0.25, 0.3) is 0 Å². The van der Waals surface area contributed by atoms with Gasteiger partial charge in [0.2, 0.25) is 0 Å². The number of nitrogens with zero attached hydrogens (tertiary/aromatic N) is 1. The molecule has 2 aromatic carbocycles. The van der Waals surface area contributed by atoms with Gasteiger partial charge >= 0.3 is 0 Å². The molecule has 0 unspecified atom stereocenters. The lowest BCUT2D eigenvalue weighted by atomic mass is 10.2. The summed E-state index contributed by atoms with van der Waals surface area (Å²) in [5.41, 5.74) is 0.563. The number of halogens is 2. The molecular weight excluding hydrogens is 297 g/mol. The molecule has 0 spiro atoms. The molecule has 0 aliphatic carbocycles. The van der Waals surface area contributed by atoms with Gasteiger partial charge in [0.05, 0.1) is 21.7 Å². The highest BCUT2D eigenvalue weighted by Crippen LogP contribution is 2.26. The largest absolute Gasteiger partial charge is 0.490 e. The smallest absolute Gasteiger partial charge is 0.122 e. The van der Waals surface area contributed by atoms with E-state index in [9.17, 15) is 0 Å². The first kappa shape index (κ1) is 14.5. The van der Waals surface area contributed by atoms with Crippen molar-refractivity contribution < 1.29 is 9.47 Å². The van der Waals surface area contributed by atoms with Crippen molar-refractivity contribution in [2.75, 3.05) is 13.2 Å². The van der Waals surface area contributed by atoms with Crippen LogP contribution in [0.15, 0.2) is 42.5 Å². The first-order valence-electron chi connectivity index (χ1n) is 5.90. The minimum Gasteiger partial charge on any atom is -0.490 e. The molecule has 0 heterocycles. The number of hydrogen-bond acceptors (Lipinski definition) is 3. The van der Waals surface area contributed by atoms with Gasteiger partial charge in [-0.05, 0) is 30.3 Å². The lowest BCUT2D eigenvalue weighted by Gasteiger charge is -2.09. The number of rotatable bonds is 5. The molecule has 0 amide bonds. The average Bonchev–Trinajstić information content (AvgIpc) is 2.47. The Balaban J connectivity index is 1.81. The third kappa shape index (κ3) is 4.06. The molecule has 0 bridgehead atoms. The molecule has 2 rings (SSSR count). The second-order valence-electron chi connectivity index (χ2n) is 3.91. The van der Waals surface area contributed by atoms with E-state index < -0.39 is 0 Å². The summed E-state index contributed by atoms with van der Waals surface area (Å²) in [4.78, 5) is 0. The molecule has 0 N–H and O–H groups in total. The molecule has 0 aromatic heterocycles. The molecule has 102 valence electrons. The second kappa shape index (κ2) is 7.04. The summed E-state index contributed by atoms with van der Waals surface area (Å²) in [6.07, 6.45) is 0. The lowest BCUT2D eigenvalue weighted by molar-refractivity contribution is 0.217. The number of benzene rings is 2. The molecule has 0 saturated carbocycles. The highest BCUT2D eigenvalue weighted by molar-refractivity contribution is 6.42. The summed E-state index contributed by atoms with van der Waals surface area (Å²) in [6, 6.07) is 14.1. The van der Waals surface area contributed by atoms with Crippen molar-refractivity contribution in [1.82, 2.24) is 0 Å². The Morgan fingerprint density at radius 3 is 2.25 bits per heavy atom. The van der Waals surface area contributed by atoms with Gasteiger partial charge in [-0.15, -0.1) is 0 Å². The molecule has 5 heteroatoms. The molecule has 0 saturated heterocycles. The normalized spacial score (nSPS) is 9.85. The third-order valence-corrected chi connectivity index (χ3v) is 3.21. The van der Waals surface area contributed by atoms with E-state index in [4.69, 9.17) is 37.9 Å². The monoisotopic (exact) mass is 307 g/mol. The summed E-state index contributed by atoms with van der Waals surface area (Å²) in [5.74, 6) is 1.27. The van der Waals surface area contributed by atoms with E-state index in [0.29, 0.717) is 40.3 Å². The second-order valence-corrected chi connectivity index (χ2v) is 4.73. The predicted molar refractivity (Wildman–Crippen MR) is 78.6 cm³/mol. The first-order valence-corrected chi connectivity index (χ1v) is 6.65. The minimum absolute atomic E-state index is 0.370. The van der Waals surface area contributed by atoms with Crippen LogP contribution in [0.3, 0.4) is 0 Å². The van der Waals surface area contributed by atoms with Crippen molar-refractivity contribution in [2.45, 2.75) is 0 Å². The van der Waals surface area contributed by atoms with Gasteiger partial charge in [-0.2, -0.15) is 5.26 Å². The third-order valence-electron chi connectivity index (χ3n) is 2.47. The minimum atomic E-state index is 0.370. The van der Waals surface area contributed by atoms with E-state index in [2.05, 4.69) is 6.07 Å². The van der Waals surface area contributed by atoms with Crippen LogP contribution in [-0.4, -0.2) is 13.2 Å². The van der Waals surface area contributed by atoms with E-state index >= 15 is 0 Å². The Morgan fingerprint density at radius 1 is 0.900 bits per heavy atom. The van der Waals surface area contributed by atoms with Crippen molar-refractivity contribution in [3.63, 3.8) is 0 Å². The lowest BCUT2D eigenvalue weighted by Crippen LogP contribution is -2.09. The Bertz CT molecular complexity index is 638. The van der Waals surface area contributed by atoms with E-state index in [-0.39, 0.29) is 0 Å².